The lowest BCUT2D eigenvalue weighted by atomic mass is 9.80. The number of aryl methyl sites for hydroxylation is 2. The number of carbonyl (C=O) groups is 2. The van der Waals surface area contributed by atoms with Crippen LogP contribution in [-0.4, -0.2) is 37.7 Å². The SMILES string of the molecule is COC(=O)C1(NC(=O)Cc2c(C)cc(C#CC3CC3)cc2C)CCC(OC)CC1. The first-order valence-corrected chi connectivity index (χ1v) is 10.4. The van der Waals surface area contributed by atoms with Crippen LogP contribution in [0.2, 0.25) is 0 Å². The molecule has 1 N–H and O–H groups in total. The zero-order valence-electron chi connectivity index (χ0n) is 17.9. The van der Waals surface area contributed by atoms with Gasteiger partial charge in [0.2, 0.25) is 5.91 Å². The molecule has 3 rings (SSSR count). The summed E-state index contributed by atoms with van der Waals surface area (Å²) in [6.07, 6.45) is 5.26. The summed E-state index contributed by atoms with van der Waals surface area (Å²) in [4.78, 5) is 25.4. The second-order valence-electron chi connectivity index (χ2n) is 8.37. The van der Waals surface area contributed by atoms with Gasteiger partial charge in [0, 0.05) is 18.6 Å². The topological polar surface area (TPSA) is 64.6 Å². The van der Waals surface area contributed by atoms with Gasteiger partial charge in [0.1, 0.15) is 5.54 Å². The summed E-state index contributed by atoms with van der Waals surface area (Å²) >= 11 is 0. The van der Waals surface area contributed by atoms with E-state index in [4.69, 9.17) is 9.47 Å². The number of benzene rings is 1. The largest absolute Gasteiger partial charge is 0.467 e. The Balaban J connectivity index is 1.71. The first-order chi connectivity index (χ1) is 13.9. The molecule has 2 fully saturated rings. The van der Waals surface area contributed by atoms with Crippen LogP contribution in [0.3, 0.4) is 0 Å². The van der Waals surface area contributed by atoms with Gasteiger partial charge >= 0.3 is 5.97 Å². The minimum atomic E-state index is -0.960. The number of esters is 1. The third-order valence-corrected chi connectivity index (χ3v) is 6.11. The quantitative estimate of drug-likeness (QED) is 0.612. The molecule has 2 saturated carbocycles. The van der Waals surface area contributed by atoms with Crippen molar-refractivity contribution in [2.45, 2.75) is 70.4 Å². The Labute approximate surface area is 173 Å². The van der Waals surface area contributed by atoms with Gasteiger partial charge in [-0.1, -0.05) is 11.8 Å². The highest BCUT2D eigenvalue weighted by molar-refractivity contribution is 5.89. The Morgan fingerprint density at radius 2 is 1.72 bits per heavy atom. The van der Waals surface area contributed by atoms with E-state index in [9.17, 15) is 9.59 Å². The van der Waals surface area contributed by atoms with Crippen LogP contribution >= 0.6 is 0 Å². The van der Waals surface area contributed by atoms with Crippen molar-refractivity contribution in [3.8, 4) is 11.8 Å². The highest BCUT2D eigenvalue weighted by Crippen LogP contribution is 2.31. The molecule has 0 spiro atoms. The molecule has 0 heterocycles. The van der Waals surface area contributed by atoms with E-state index in [-0.39, 0.29) is 24.4 Å². The lowest BCUT2D eigenvalue weighted by Gasteiger charge is -2.38. The van der Waals surface area contributed by atoms with Crippen LogP contribution in [-0.2, 0) is 25.5 Å². The van der Waals surface area contributed by atoms with Gasteiger partial charge in [-0.3, -0.25) is 4.79 Å². The monoisotopic (exact) mass is 397 g/mol. The molecule has 1 aromatic rings. The highest BCUT2D eigenvalue weighted by atomic mass is 16.5. The first kappa shape index (κ1) is 21.4. The summed E-state index contributed by atoms with van der Waals surface area (Å²) in [5.74, 6) is 6.56. The molecule has 0 aliphatic heterocycles. The summed E-state index contributed by atoms with van der Waals surface area (Å²) in [5.41, 5.74) is 3.13. The average molecular weight is 398 g/mol. The lowest BCUT2D eigenvalue weighted by Crippen LogP contribution is -2.57. The second kappa shape index (κ2) is 9.00. The van der Waals surface area contributed by atoms with Crippen LogP contribution in [0.1, 0.15) is 60.8 Å². The fourth-order valence-corrected chi connectivity index (χ4v) is 4.12. The number of amides is 1. The molecule has 1 amide bonds. The van der Waals surface area contributed by atoms with Crippen LogP contribution in [0.15, 0.2) is 12.1 Å². The molecule has 5 nitrogen and oxygen atoms in total. The molecule has 0 unspecified atom stereocenters. The maximum absolute atomic E-state index is 12.9. The summed E-state index contributed by atoms with van der Waals surface area (Å²) in [6, 6.07) is 4.09. The molecule has 2 aliphatic carbocycles. The van der Waals surface area contributed by atoms with Crippen molar-refractivity contribution in [1.82, 2.24) is 5.32 Å². The Bertz CT molecular complexity index is 813. The van der Waals surface area contributed by atoms with Gasteiger partial charge in [-0.25, -0.2) is 4.79 Å². The number of carbonyl (C=O) groups excluding carboxylic acids is 2. The van der Waals surface area contributed by atoms with Crippen molar-refractivity contribution < 1.29 is 19.1 Å². The van der Waals surface area contributed by atoms with Crippen LogP contribution in [0.4, 0.5) is 0 Å². The van der Waals surface area contributed by atoms with Gasteiger partial charge < -0.3 is 14.8 Å². The van der Waals surface area contributed by atoms with Crippen molar-refractivity contribution in [1.29, 1.82) is 0 Å². The van der Waals surface area contributed by atoms with E-state index in [1.165, 1.54) is 20.0 Å². The first-order valence-electron chi connectivity index (χ1n) is 10.4. The van der Waals surface area contributed by atoms with E-state index in [1.807, 2.05) is 26.0 Å². The normalized spacial score (nSPS) is 23.7. The smallest absolute Gasteiger partial charge is 0.331 e. The Kier molecular flexibility index (Phi) is 6.64. The third-order valence-electron chi connectivity index (χ3n) is 6.11. The van der Waals surface area contributed by atoms with Crippen molar-refractivity contribution >= 4 is 11.9 Å². The van der Waals surface area contributed by atoms with Crippen LogP contribution in [0, 0.1) is 31.6 Å². The van der Waals surface area contributed by atoms with E-state index >= 15 is 0 Å². The van der Waals surface area contributed by atoms with Gasteiger partial charge in [0.05, 0.1) is 19.6 Å². The molecule has 156 valence electrons. The number of nitrogens with one attached hydrogen (secondary N) is 1. The summed E-state index contributed by atoms with van der Waals surface area (Å²) in [6.45, 7) is 4.02. The van der Waals surface area contributed by atoms with Crippen molar-refractivity contribution in [2.75, 3.05) is 14.2 Å². The molecule has 0 aromatic heterocycles. The van der Waals surface area contributed by atoms with Crippen molar-refractivity contribution in [2.24, 2.45) is 5.92 Å². The average Bonchev–Trinajstić information content (AvgIpc) is 3.53. The molecule has 2 aliphatic rings. The van der Waals surface area contributed by atoms with E-state index in [2.05, 4.69) is 17.2 Å². The number of methoxy groups -OCH3 is 2. The summed E-state index contributed by atoms with van der Waals surface area (Å²) in [5, 5.41) is 3.00. The predicted octanol–water partition coefficient (Wildman–Crippen LogP) is 3.22. The standard InChI is InChI=1S/C24H31NO4/c1-16-13-19(8-7-18-5-6-18)14-17(2)21(16)15-22(26)25-24(23(27)29-4)11-9-20(28-3)10-12-24/h13-14,18,20H,5-6,9-12,15H2,1-4H3,(H,25,26). The zero-order valence-corrected chi connectivity index (χ0v) is 17.9. The molecule has 29 heavy (non-hydrogen) atoms. The number of hydrogen-bond donors (Lipinski definition) is 1. The van der Waals surface area contributed by atoms with Gasteiger partial charge in [0.15, 0.2) is 0 Å². The molecular weight excluding hydrogens is 366 g/mol. The molecular formula is C24H31NO4. The van der Waals surface area contributed by atoms with Gasteiger partial charge in [0.25, 0.3) is 0 Å². The Hall–Kier alpha value is -2.32. The highest BCUT2D eigenvalue weighted by Gasteiger charge is 2.44. The Morgan fingerprint density at radius 3 is 2.24 bits per heavy atom. The minimum absolute atomic E-state index is 0.124. The van der Waals surface area contributed by atoms with Gasteiger partial charge in [-0.05, 0) is 81.2 Å². The van der Waals surface area contributed by atoms with E-state index in [0.29, 0.717) is 18.8 Å². The summed E-state index contributed by atoms with van der Waals surface area (Å²) < 4.78 is 10.4. The molecule has 0 bridgehead atoms. The van der Waals surface area contributed by atoms with E-state index in [1.54, 1.807) is 7.11 Å². The van der Waals surface area contributed by atoms with Crippen LogP contribution in [0.25, 0.3) is 0 Å². The van der Waals surface area contributed by atoms with Gasteiger partial charge in [-0.15, -0.1) is 0 Å². The fraction of sp³-hybridized carbons (Fsp3) is 0.583. The van der Waals surface area contributed by atoms with E-state index < -0.39 is 5.54 Å². The molecule has 5 heteroatoms. The maximum atomic E-state index is 12.9. The van der Waals surface area contributed by atoms with Gasteiger partial charge in [-0.2, -0.15) is 0 Å². The van der Waals surface area contributed by atoms with E-state index in [0.717, 1.165) is 35.1 Å². The second-order valence-corrected chi connectivity index (χ2v) is 8.37. The molecule has 1 aromatic carbocycles. The number of rotatable bonds is 5. The third kappa shape index (κ3) is 5.19. The van der Waals surface area contributed by atoms with Crippen LogP contribution in [0.5, 0.6) is 0 Å². The molecule has 0 atom stereocenters. The Morgan fingerprint density at radius 1 is 1.10 bits per heavy atom. The molecule has 0 radical (unpaired) electrons. The van der Waals surface area contributed by atoms with Crippen molar-refractivity contribution in [3.05, 3.63) is 34.4 Å². The van der Waals surface area contributed by atoms with Crippen molar-refractivity contribution in [3.63, 3.8) is 0 Å². The maximum Gasteiger partial charge on any atom is 0.331 e. The fourth-order valence-electron chi connectivity index (χ4n) is 4.12. The lowest BCUT2D eigenvalue weighted by molar-refractivity contribution is -0.153. The summed E-state index contributed by atoms with van der Waals surface area (Å²) in [7, 11) is 3.05. The minimum Gasteiger partial charge on any atom is -0.467 e. The zero-order chi connectivity index (χ0) is 21.0. The number of ether oxygens (including phenoxy) is 2. The number of hydrogen-bond acceptors (Lipinski definition) is 4. The molecule has 0 saturated heterocycles. The van der Waals surface area contributed by atoms with Crippen LogP contribution < -0.4 is 5.32 Å². The predicted molar refractivity (Wildman–Crippen MR) is 111 cm³/mol.